The maximum Gasteiger partial charge on any atom is 0.331 e. The van der Waals surface area contributed by atoms with Crippen LogP contribution in [0.25, 0.3) is 0 Å². The number of nitrogens with zero attached hydrogens (tertiary/aromatic N) is 1. The number of carbonyl (C=O) groups excluding carboxylic acids is 1. The van der Waals surface area contributed by atoms with Crippen molar-refractivity contribution in [2.24, 2.45) is 33.6 Å². The van der Waals surface area contributed by atoms with Crippen LogP contribution in [-0.2, 0) is 23.7 Å². The Morgan fingerprint density at radius 2 is 1.91 bits per heavy atom. The zero-order valence-corrected chi connectivity index (χ0v) is 26.0. The van der Waals surface area contributed by atoms with Crippen molar-refractivity contribution in [2.45, 2.75) is 126 Å². The zero-order chi connectivity index (χ0) is 30.6. The minimum Gasteiger partial charge on any atom is -0.458 e. The number of aliphatic imine (C=N–C) groups is 1. The van der Waals surface area contributed by atoms with Gasteiger partial charge < -0.3 is 39.4 Å². The first-order valence-corrected chi connectivity index (χ1v) is 16.5. The molecule has 0 unspecified atom stereocenters. The average Bonchev–Trinajstić information content (AvgIpc) is 3.52. The number of rotatable bonds is 8. The SMILES string of the molecule is CO[C@H]1C[C@H](O[C@@H]2CC[C@]3(C=NCCCO)[C@H]4CC[C@]5(C)[C@H](C6=CC(=O)OC6)CC[C@]5(O)[C@@H]4CC[C@@]3(O)C2)O[C@H](C)[C@H]1O. The number of fused-ring (bicyclic) bond motifs is 5. The summed E-state index contributed by atoms with van der Waals surface area (Å²) in [6.07, 6.45) is 8.64. The van der Waals surface area contributed by atoms with E-state index in [1.807, 2.05) is 13.1 Å². The highest BCUT2D eigenvalue weighted by Gasteiger charge is 2.71. The highest BCUT2D eigenvalue weighted by molar-refractivity contribution is 5.85. The molecule has 2 aliphatic heterocycles. The second-order valence-corrected chi connectivity index (χ2v) is 14.5. The molecule has 6 aliphatic rings. The molecule has 1 saturated heterocycles. The molecule has 242 valence electrons. The van der Waals surface area contributed by atoms with Gasteiger partial charge in [-0.3, -0.25) is 4.99 Å². The van der Waals surface area contributed by atoms with E-state index in [9.17, 15) is 25.2 Å². The van der Waals surface area contributed by atoms with Crippen LogP contribution in [0, 0.1) is 28.6 Å². The molecule has 12 atom stereocenters. The molecule has 43 heavy (non-hydrogen) atoms. The minimum absolute atomic E-state index is 0.00313. The molecule has 0 bridgehead atoms. The van der Waals surface area contributed by atoms with Crippen LogP contribution >= 0.6 is 0 Å². The van der Waals surface area contributed by atoms with Gasteiger partial charge in [0.15, 0.2) is 6.29 Å². The molecule has 0 aromatic carbocycles. The molecule has 4 saturated carbocycles. The number of methoxy groups -OCH3 is 1. The van der Waals surface area contributed by atoms with E-state index in [0.29, 0.717) is 58.1 Å². The van der Waals surface area contributed by atoms with E-state index in [-0.39, 0.29) is 48.0 Å². The first kappa shape index (κ1) is 31.6. The molecule has 10 heteroatoms. The van der Waals surface area contributed by atoms with Gasteiger partial charge in [-0.25, -0.2) is 4.79 Å². The molecule has 0 amide bonds. The summed E-state index contributed by atoms with van der Waals surface area (Å²) >= 11 is 0. The Hall–Kier alpha value is -1.40. The summed E-state index contributed by atoms with van der Waals surface area (Å²) in [7, 11) is 1.59. The van der Waals surface area contributed by atoms with Crippen molar-refractivity contribution in [1.29, 1.82) is 0 Å². The first-order valence-electron chi connectivity index (χ1n) is 16.5. The molecule has 0 radical (unpaired) electrons. The van der Waals surface area contributed by atoms with Crippen LogP contribution in [0.4, 0.5) is 0 Å². The molecule has 2 heterocycles. The first-order chi connectivity index (χ1) is 20.5. The van der Waals surface area contributed by atoms with Crippen LogP contribution in [0.1, 0.15) is 84.5 Å². The number of esters is 1. The van der Waals surface area contributed by atoms with Crippen molar-refractivity contribution >= 4 is 12.2 Å². The number of ether oxygens (including phenoxy) is 4. The lowest BCUT2D eigenvalue weighted by molar-refractivity contribution is -0.284. The number of hydrogen-bond donors (Lipinski definition) is 4. The molecule has 4 N–H and O–H groups in total. The molecule has 6 rings (SSSR count). The second kappa shape index (κ2) is 11.8. The number of carbonyl (C=O) groups is 1. The lowest BCUT2D eigenvalue weighted by Crippen LogP contribution is -2.69. The molecule has 0 spiro atoms. The van der Waals surface area contributed by atoms with Gasteiger partial charge in [0.1, 0.15) is 12.7 Å². The summed E-state index contributed by atoms with van der Waals surface area (Å²) in [4.78, 5) is 16.7. The van der Waals surface area contributed by atoms with Gasteiger partial charge in [0.2, 0.25) is 0 Å². The second-order valence-electron chi connectivity index (χ2n) is 14.5. The Kier molecular flexibility index (Phi) is 8.63. The van der Waals surface area contributed by atoms with Crippen LogP contribution in [-0.4, -0.2) is 101 Å². The lowest BCUT2D eigenvalue weighted by atomic mass is 9.41. The molecular formula is C33H51NO9. The fraction of sp³-hybridized carbons (Fsp3) is 0.879. The third-order valence-electron chi connectivity index (χ3n) is 12.7. The predicted molar refractivity (Wildman–Crippen MR) is 157 cm³/mol. The van der Waals surface area contributed by atoms with E-state index < -0.39 is 35.1 Å². The lowest BCUT2D eigenvalue weighted by Gasteiger charge is -2.66. The van der Waals surface area contributed by atoms with E-state index in [2.05, 4.69) is 6.92 Å². The summed E-state index contributed by atoms with van der Waals surface area (Å²) in [6, 6.07) is 0. The third kappa shape index (κ3) is 5.04. The van der Waals surface area contributed by atoms with Gasteiger partial charge >= 0.3 is 5.97 Å². The summed E-state index contributed by atoms with van der Waals surface area (Å²) in [6.45, 7) is 4.90. The van der Waals surface area contributed by atoms with Crippen molar-refractivity contribution in [1.82, 2.24) is 0 Å². The van der Waals surface area contributed by atoms with E-state index in [1.54, 1.807) is 13.2 Å². The summed E-state index contributed by atoms with van der Waals surface area (Å²) in [5.74, 6) is -0.125. The van der Waals surface area contributed by atoms with E-state index in [4.69, 9.17) is 23.9 Å². The Bertz CT molecular complexity index is 1110. The van der Waals surface area contributed by atoms with Gasteiger partial charge in [-0.05, 0) is 88.0 Å². The largest absolute Gasteiger partial charge is 0.458 e. The molecule has 4 aliphatic carbocycles. The van der Waals surface area contributed by atoms with Crippen LogP contribution in [0.5, 0.6) is 0 Å². The van der Waals surface area contributed by atoms with Crippen molar-refractivity contribution in [3.8, 4) is 0 Å². The van der Waals surface area contributed by atoms with Crippen molar-refractivity contribution in [3.63, 3.8) is 0 Å². The van der Waals surface area contributed by atoms with Gasteiger partial charge in [0, 0.05) is 56.2 Å². The van der Waals surface area contributed by atoms with Gasteiger partial charge in [-0.1, -0.05) is 6.92 Å². The molecule has 10 nitrogen and oxygen atoms in total. The molecule has 5 fully saturated rings. The third-order valence-corrected chi connectivity index (χ3v) is 12.7. The summed E-state index contributed by atoms with van der Waals surface area (Å²) in [5, 5.41) is 45.0. The Morgan fingerprint density at radius 1 is 1.12 bits per heavy atom. The summed E-state index contributed by atoms with van der Waals surface area (Å²) < 4.78 is 23.2. The number of aliphatic hydroxyl groups excluding tert-OH is 2. The van der Waals surface area contributed by atoms with Gasteiger partial charge in [-0.15, -0.1) is 0 Å². The van der Waals surface area contributed by atoms with Crippen molar-refractivity contribution < 1.29 is 44.2 Å². The van der Waals surface area contributed by atoms with E-state index in [1.165, 1.54) is 0 Å². The topological polar surface area (TPSA) is 147 Å². The molecular weight excluding hydrogens is 554 g/mol. The van der Waals surface area contributed by atoms with E-state index in [0.717, 1.165) is 31.3 Å². The number of hydrogen-bond acceptors (Lipinski definition) is 10. The quantitative estimate of drug-likeness (QED) is 0.142. The Morgan fingerprint density at radius 3 is 2.63 bits per heavy atom. The van der Waals surface area contributed by atoms with Crippen LogP contribution in [0.15, 0.2) is 16.6 Å². The number of cyclic esters (lactones) is 1. The maximum atomic E-state index is 12.6. The van der Waals surface area contributed by atoms with Gasteiger partial charge in [-0.2, -0.15) is 0 Å². The molecule has 0 aromatic heterocycles. The molecule has 0 aromatic rings. The fourth-order valence-corrected chi connectivity index (χ4v) is 10.4. The fourth-order valence-electron chi connectivity index (χ4n) is 10.4. The Labute approximate surface area is 254 Å². The van der Waals surface area contributed by atoms with Crippen molar-refractivity contribution in [3.05, 3.63) is 11.6 Å². The maximum absolute atomic E-state index is 12.6. The zero-order valence-electron chi connectivity index (χ0n) is 26.0. The van der Waals surface area contributed by atoms with Crippen molar-refractivity contribution in [2.75, 3.05) is 26.9 Å². The predicted octanol–water partition coefficient (Wildman–Crippen LogP) is 2.69. The van der Waals surface area contributed by atoms with Gasteiger partial charge in [0.05, 0.1) is 29.5 Å². The van der Waals surface area contributed by atoms with E-state index >= 15 is 0 Å². The number of aliphatic hydroxyl groups is 4. The normalized spacial score (nSPS) is 49.7. The van der Waals surface area contributed by atoms with Crippen LogP contribution < -0.4 is 0 Å². The minimum atomic E-state index is -1.06. The average molecular weight is 606 g/mol. The Balaban J connectivity index is 1.26. The standard InChI is InChI=1S/C33H51NO9/c1-20-29(37)26(40-3)16-28(42-20)43-22-5-10-31(19-34-13-4-14-35)24-6-9-30(2)23(21-15-27(36)41-18-21)8-12-33(30,39)25(24)7-11-32(31,38)17-22/h15,19-20,22-26,28-29,35,37-39H,4-14,16-18H2,1-3H3/t20-,22-,23+,24+,25-,26+,28+,29-,30-,31+,32-,33+/m1/s1. The summed E-state index contributed by atoms with van der Waals surface area (Å²) in [5.41, 5.74) is -1.93. The van der Waals surface area contributed by atoms with Crippen LogP contribution in [0.2, 0.25) is 0 Å². The smallest absolute Gasteiger partial charge is 0.331 e. The van der Waals surface area contributed by atoms with Crippen LogP contribution in [0.3, 0.4) is 0 Å². The monoisotopic (exact) mass is 605 g/mol. The van der Waals surface area contributed by atoms with Gasteiger partial charge in [0.25, 0.3) is 0 Å². The highest BCUT2D eigenvalue weighted by Crippen LogP contribution is 2.70. The highest BCUT2D eigenvalue weighted by atomic mass is 16.7.